The molecule has 0 saturated carbocycles. The molecule has 0 aliphatic carbocycles. The van der Waals surface area contributed by atoms with Crippen LogP contribution < -0.4 is 10.3 Å². The van der Waals surface area contributed by atoms with Gasteiger partial charge in [0.1, 0.15) is 11.4 Å². The van der Waals surface area contributed by atoms with Crippen LogP contribution in [0.25, 0.3) is 10.9 Å². The molecule has 1 aliphatic rings. The van der Waals surface area contributed by atoms with E-state index in [2.05, 4.69) is 4.90 Å². The van der Waals surface area contributed by atoms with Crippen LogP contribution in [0.1, 0.15) is 21.5 Å². The van der Waals surface area contributed by atoms with Crippen LogP contribution in [0.2, 0.25) is 0 Å². The van der Waals surface area contributed by atoms with Crippen molar-refractivity contribution in [2.24, 2.45) is 0 Å². The number of pyridine rings is 1. The van der Waals surface area contributed by atoms with Crippen molar-refractivity contribution in [2.75, 3.05) is 38.1 Å². The highest BCUT2D eigenvalue weighted by Gasteiger charge is 2.30. The van der Waals surface area contributed by atoms with Crippen LogP contribution in [0.4, 0.5) is 23.2 Å². The zero-order chi connectivity index (χ0) is 23.9. The van der Waals surface area contributed by atoms with Crippen LogP contribution in [-0.4, -0.2) is 53.8 Å². The van der Waals surface area contributed by atoms with Crippen LogP contribution in [-0.2, 0) is 12.7 Å². The first-order chi connectivity index (χ1) is 15.5. The Morgan fingerprint density at radius 2 is 1.70 bits per heavy atom. The first-order valence-corrected chi connectivity index (χ1v) is 10.2. The minimum absolute atomic E-state index is 0.00298. The fourth-order valence-corrected chi connectivity index (χ4v) is 3.97. The van der Waals surface area contributed by atoms with E-state index in [0.29, 0.717) is 29.9 Å². The highest BCUT2D eigenvalue weighted by molar-refractivity contribution is 5.93. The molecule has 33 heavy (non-hydrogen) atoms. The average molecular weight is 463 g/mol. The molecule has 1 aliphatic heterocycles. The Kier molecular flexibility index (Phi) is 5.87. The number of alkyl halides is 3. The summed E-state index contributed by atoms with van der Waals surface area (Å²) >= 11 is 0. The van der Waals surface area contributed by atoms with Crippen LogP contribution in [0.15, 0.2) is 47.4 Å². The van der Waals surface area contributed by atoms with Gasteiger partial charge in [0.2, 0.25) is 5.43 Å². The normalized spacial score (nSPS) is 15.2. The van der Waals surface area contributed by atoms with E-state index in [0.717, 1.165) is 37.5 Å². The van der Waals surface area contributed by atoms with Crippen molar-refractivity contribution in [1.29, 1.82) is 0 Å². The van der Waals surface area contributed by atoms with Gasteiger partial charge in [0, 0.05) is 44.3 Å². The molecule has 0 spiro atoms. The number of carboxylic acid groups (broad SMARTS) is 1. The van der Waals surface area contributed by atoms with E-state index in [1.807, 2.05) is 11.9 Å². The molecule has 10 heteroatoms. The van der Waals surface area contributed by atoms with Crippen LogP contribution in [0, 0.1) is 5.82 Å². The van der Waals surface area contributed by atoms with Crippen molar-refractivity contribution in [1.82, 2.24) is 9.47 Å². The first-order valence-electron chi connectivity index (χ1n) is 10.2. The van der Waals surface area contributed by atoms with Gasteiger partial charge < -0.3 is 19.5 Å². The molecule has 1 N–H and O–H groups in total. The largest absolute Gasteiger partial charge is 0.477 e. The Labute approximate surface area is 186 Å². The zero-order valence-corrected chi connectivity index (χ0v) is 17.7. The minimum atomic E-state index is -4.48. The molecular weight excluding hydrogens is 442 g/mol. The molecule has 2 aromatic carbocycles. The monoisotopic (exact) mass is 463 g/mol. The summed E-state index contributed by atoms with van der Waals surface area (Å²) in [5.41, 5.74) is -1.10. The third kappa shape index (κ3) is 4.56. The van der Waals surface area contributed by atoms with Crippen LogP contribution in [0.3, 0.4) is 0 Å². The molecule has 174 valence electrons. The minimum Gasteiger partial charge on any atom is -0.477 e. The number of nitrogens with zero attached hydrogens (tertiary/aromatic N) is 3. The van der Waals surface area contributed by atoms with E-state index >= 15 is 0 Å². The van der Waals surface area contributed by atoms with E-state index in [1.165, 1.54) is 22.8 Å². The second-order valence-electron chi connectivity index (χ2n) is 8.11. The maximum Gasteiger partial charge on any atom is 0.416 e. The molecule has 0 radical (unpaired) electrons. The summed E-state index contributed by atoms with van der Waals surface area (Å²) in [5.74, 6) is -2.10. The van der Waals surface area contributed by atoms with E-state index in [4.69, 9.17) is 0 Å². The number of hydrogen-bond donors (Lipinski definition) is 1. The summed E-state index contributed by atoms with van der Waals surface area (Å²) in [5, 5.41) is 9.35. The Hall–Kier alpha value is -3.40. The van der Waals surface area contributed by atoms with Gasteiger partial charge in [-0.05, 0) is 36.9 Å². The fourth-order valence-electron chi connectivity index (χ4n) is 3.97. The lowest BCUT2D eigenvalue weighted by Crippen LogP contribution is -2.44. The second kappa shape index (κ2) is 8.51. The number of halogens is 4. The van der Waals surface area contributed by atoms with Crippen molar-refractivity contribution >= 4 is 22.6 Å². The lowest BCUT2D eigenvalue weighted by atomic mass is 10.1. The summed E-state index contributed by atoms with van der Waals surface area (Å²) in [6, 6.07) is 7.01. The fraction of sp³-hybridized carbons (Fsp3) is 0.304. The number of piperazine rings is 1. The van der Waals surface area contributed by atoms with Gasteiger partial charge in [-0.25, -0.2) is 9.18 Å². The van der Waals surface area contributed by atoms with Gasteiger partial charge in [0.05, 0.1) is 16.8 Å². The van der Waals surface area contributed by atoms with Gasteiger partial charge in [-0.3, -0.25) is 4.79 Å². The summed E-state index contributed by atoms with van der Waals surface area (Å²) in [6.45, 7) is 2.62. The number of likely N-dealkylation sites (N-methyl/N-ethyl adjacent to an activating group) is 1. The number of benzene rings is 2. The number of carboxylic acids is 1. The quantitative estimate of drug-likeness (QED) is 0.599. The highest BCUT2D eigenvalue weighted by Crippen LogP contribution is 2.30. The van der Waals surface area contributed by atoms with Crippen LogP contribution >= 0.6 is 0 Å². The molecule has 1 aromatic heterocycles. The van der Waals surface area contributed by atoms with Crippen molar-refractivity contribution in [2.45, 2.75) is 12.7 Å². The topological polar surface area (TPSA) is 65.8 Å². The van der Waals surface area contributed by atoms with Crippen molar-refractivity contribution < 1.29 is 27.5 Å². The molecule has 1 fully saturated rings. The van der Waals surface area contributed by atoms with Gasteiger partial charge in [-0.2, -0.15) is 13.2 Å². The predicted octanol–water partition coefficient (Wildman–Crippen LogP) is 3.66. The summed E-state index contributed by atoms with van der Waals surface area (Å²) in [4.78, 5) is 28.3. The van der Waals surface area contributed by atoms with Gasteiger partial charge in [-0.1, -0.05) is 12.1 Å². The Balaban J connectivity index is 1.82. The Bertz CT molecular complexity index is 1260. The molecule has 4 rings (SSSR count). The molecule has 2 heterocycles. The smallest absolute Gasteiger partial charge is 0.416 e. The van der Waals surface area contributed by atoms with Gasteiger partial charge >= 0.3 is 12.1 Å². The molecule has 1 saturated heterocycles. The van der Waals surface area contributed by atoms with E-state index in [-0.39, 0.29) is 11.9 Å². The molecular formula is C23H21F4N3O3. The lowest BCUT2D eigenvalue weighted by molar-refractivity contribution is -0.137. The predicted molar refractivity (Wildman–Crippen MR) is 115 cm³/mol. The maximum absolute atomic E-state index is 15.0. The number of hydrogen-bond acceptors (Lipinski definition) is 4. The van der Waals surface area contributed by atoms with Gasteiger partial charge in [-0.15, -0.1) is 0 Å². The van der Waals surface area contributed by atoms with Gasteiger partial charge in [0.25, 0.3) is 0 Å². The molecule has 6 nitrogen and oxygen atoms in total. The number of fused-ring (bicyclic) bond motifs is 1. The van der Waals surface area contributed by atoms with Crippen molar-refractivity contribution in [3.8, 4) is 0 Å². The maximum atomic E-state index is 15.0. The highest BCUT2D eigenvalue weighted by atomic mass is 19.4. The summed E-state index contributed by atoms with van der Waals surface area (Å²) < 4.78 is 55.1. The number of aromatic carboxylic acids is 1. The molecule has 0 atom stereocenters. The van der Waals surface area contributed by atoms with Crippen LogP contribution in [0.5, 0.6) is 0 Å². The van der Waals surface area contributed by atoms with Gasteiger partial charge in [0.15, 0.2) is 0 Å². The Morgan fingerprint density at radius 3 is 2.27 bits per heavy atom. The standard InChI is InChI=1S/C23H21F4N3O3/c1-28-6-8-29(9-7-28)20-11-19-16(10-18(20)24)21(31)17(22(32)33)13-30(19)12-14-2-4-15(5-3-14)23(25,26)27/h2-5,10-11,13H,6-9,12H2,1H3,(H,32,33). The lowest BCUT2D eigenvalue weighted by Gasteiger charge is -2.34. The SMILES string of the molecule is CN1CCN(c2cc3c(cc2F)c(=O)c(C(=O)O)cn3Cc2ccc(C(F)(F)F)cc2)CC1. The third-order valence-corrected chi connectivity index (χ3v) is 5.86. The third-order valence-electron chi connectivity index (χ3n) is 5.86. The van der Waals surface area contributed by atoms with E-state index in [9.17, 15) is 32.3 Å². The second-order valence-corrected chi connectivity index (χ2v) is 8.11. The average Bonchev–Trinajstić information content (AvgIpc) is 2.76. The Morgan fingerprint density at radius 1 is 1.06 bits per heavy atom. The zero-order valence-electron chi connectivity index (χ0n) is 17.7. The molecule has 0 bridgehead atoms. The first kappa shape index (κ1) is 22.8. The van der Waals surface area contributed by atoms with Crippen molar-refractivity contribution in [3.63, 3.8) is 0 Å². The number of carbonyl (C=O) groups is 1. The summed E-state index contributed by atoms with van der Waals surface area (Å²) in [7, 11) is 1.96. The van der Waals surface area contributed by atoms with E-state index < -0.39 is 34.5 Å². The van der Waals surface area contributed by atoms with E-state index in [1.54, 1.807) is 0 Å². The molecule has 0 unspecified atom stereocenters. The van der Waals surface area contributed by atoms with Crippen molar-refractivity contribution in [3.05, 3.63) is 75.3 Å². The number of aromatic nitrogens is 1. The number of rotatable bonds is 4. The summed E-state index contributed by atoms with van der Waals surface area (Å²) in [6.07, 6.45) is -3.33. The molecule has 0 amide bonds. The number of anilines is 1. The molecule has 3 aromatic rings.